The molecule has 0 aliphatic rings. The van der Waals surface area contributed by atoms with E-state index in [1.54, 1.807) is 13.2 Å². The van der Waals surface area contributed by atoms with E-state index in [-0.39, 0.29) is 5.83 Å². The molecule has 3 aromatic carbocycles. The molecule has 2 heteroatoms. The van der Waals surface area contributed by atoms with Gasteiger partial charge in [-0.1, -0.05) is 72.8 Å². The number of hydrogen-bond acceptors (Lipinski definition) is 1. The number of allylic oxidation sites excluding steroid dienone is 1. The van der Waals surface area contributed by atoms with Crippen molar-refractivity contribution in [2.45, 2.75) is 5.92 Å². The summed E-state index contributed by atoms with van der Waals surface area (Å²) in [5.74, 6) is 0.169. The highest BCUT2D eigenvalue weighted by Gasteiger charge is 2.19. The molecule has 0 bridgehead atoms. The molecule has 0 fully saturated rings. The average molecular weight is 318 g/mol. The third-order valence-electron chi connectivity index (χ3n) is 3.96. The molecule has 1 nitrogen and oxygen atoms in total. The summed E-state index contributed by atoms with van der Waals surface area (Å²) in [6, 6.07) is 26.8. The lowest BCUT2D eigenvalue weighted by Crippen LogP contribution is -2.01. The second-order valence-corrected chi connectivity index (χ2v) is 5.56. The Morgan fingerprint density at radius 2 is 1.29 bits per heavy atom. The van der Waals surface area contributed by atoms with Gasteiger partial charge in [-0.2, -0.15) is 0 Å². The highest BCUT2D eigenvalue weighted by atomic mass is 19.1. The van der Waals surface area contributed by atoms with E-state index in [0.29, 0.717) is 0 Å². The maximum atomic E-state index is 15.1. The van der Waals surface area contributed by atoms with Crippen molar-refractivity contribution in [1.82, 2.24) is 0 Å². The average Bonchev–Trinajstić information content (AvgIpc) is 2.64. The Hall–Kier alpha value is -2.87. The van der Waals surface area contributed by atoms with Crippen molar-refractivity contribution in [3.8, 4) is 5.75 Å². The summed E-state index contributed by atoms with van der Waals surface area (Å²) in [5.41, 5.74) is 2.68. The van der Waals surface area contributed by atoms with Crippen molar-refractivity contribution in [3.05, 3.63) is 107 Å². The maximum Gasteiger partial charge on any atom is 0.118 e. The van der Waals surface area contributed by atoms with Gasteiger partial charge in [0.1, 0.15) is 11.6 Å². The number of halogens is 1. The molecule has 3 rings (SSSR count). The molecule has 0 unspecified atom stereocenters. The first-order valence-electron chi connectivity index (χ1n) is 7.89. The topological polar surface area (TPSA) is 9.23 Å². The van der Waals surface area contributed by atoms with E-state index in [9.17, 15) is 0 Å². The van der Waals surface area contributed by atoms with Crippen LogP contribution in [0.3, 0.4) is 0 Å². The van der Waals surface area contributed by atoms with Gasteiger partial charge in [0.05, 0.1) is 13.0 Å². The predicted octanol–water partition coefficient (Wildman–Crippen LogP) is 5.84. The Balaban J connectivity index is 1.99. The highest BCUT2D eigenvalue weighted by molar-refractivity contribution is 5.56. The summed E-state index contributed by atoms with van der Waals surface area (Å²) in [7, 11) is 1.62. The summed E-state index contributed by atoms with van der Waals surface area (Å²) >= 11 is 0. The van der Waals surface area contributed by atoms with Crippen LogP contribution in [0.4, 0.5) is 4.39 Å². The molecule has 0 spiro atoms. The molecule has 0 aliphatic carbocycles. The Labute approximate surface area is 142 Å². The van der Waals surface area contributed by atoms with Crippen molar-refractivity contribution in [2.75, 3.05) is 7.11 Å². The number of rotatable bonds is 5. The van der Waals surface area contributed by atoms with Crippen LogP contribution in [0, 0.1) is 0 Å². The minimum atomic E-state index is -0.408. The lowest BCUT2D eigenvalue weighted by atomic mass is 9.89. The zero-order valence-corrected chi connectivity index (χ0v) is 13.5. The normalized spacial score (nSPS) is 11.5. The van der Waals surface area contributed by atoms with Gasteiger partial charge in [0, 0.05) is 0 Å². The van der Waals surface area contributed by atoms with Crippen LogP contribution in [0.2, 0.25) is 0 Å². The largest absolute Gasteiger partial charge is 0.497 e. The molecule has 24 heavy (non-hydrogen) atoms. The van der Waals surface area contributed by atoms with Crippen LogP contribution in [0.1, 0.15) is 22.6 Å². The number of ether oxygens (including phenoxy) is 1. The predicted molar refractivity (Wildman–Crippen MR) is 96.8 cm³/mol. The monoisotopic (exact) mass is 318 g/mol. The molecule has 0 N–H and O–H groups in total. The lowest BCUT2D eigenvalue weighted by molar-refractivity contribution is 0.415. The van der Waals surface area contributed by atoms with E-state index >= 15 is 4.39 Å². The molecular weight excluding hydrogens is 299 g/mol. The molecule has 0 radical (unpaired) electrons. The number of hydrogen-bond donors (Lipinski definition) is 0. The summed E-state index contributed by atoms with van der Waals surface area (Å²) in [6.07, 6.45) is 1.59. The minimum absolute atomic E-state index is 0.183. The first-order valence-corrected chi connectivity index (χ1v) is 7.89. The summed E-state index contributed by atoms with van der Waals surface area (Å²) in [4.78, 5) is 0. The van der Waals surface area contributed by atoms with Gasteiger partial charge in [0.25, 0.3) is 0 Å². The zero-order chi connectivity index (χ0) is 16.8. The van der Waals surface area contributed by atoms with Crippen LogP contribution in [0.5, 0.6) is 5.75 Å². The van der Waals surface area contributed by atoms with E-state index in [4.69, 9.17) is 4.74 Å². The van der Waals surface area contributed by atoms with Crippen LogP contribution in [0.15, 0.2) is 90.8 Å². The van der Waals surface area contributed by atoms with Crippen molar-refractivity contribution in [2.24, 2.45) is 0 Å². The van der Waals surface area contributed by atoms with Gasteiger partial charge < -0.3 is 4.74 Å². The summed E-state index contributed by atoms with van der Waals surface area (Å²) in [5, 5.41) is 0. The van der Waals surface area contributed by atoms with Gasteiger partial charge in [-0.15, -0.1) is 0 Å². The third-order valence-corrected chi connectivity index (χ3v) is 3.96. The zero-order valence-electron chi connectivity index (χ0n) is 13.5. The summed E-state index contributed by atoms with van der Waals surface area (Å²) < 4.78 is 20.3. The van der Waals surface area contributed by atoms with E-state index < -0.39 is 5.92 Å². The molecule has 0 saturated carbocycles. The molecule has 120 valence electrons. The first-order chi connectivity index (χ1) is 11.8. The van der Waals surface area contributed by atoms with Crippen molar-refractivity contribution < 1.29 is 9.13 Å². The summed E-state index contributed by atoms with van der Waals surface area (Å²) in [6.45, 7) is 0. The Kier molecular flexibility index (Phi) is 5.07. The van der Waals surface area contributed by atoms with Crippen molar-refractivity contribution >= 4 is 6.08 Å². The number of benzene rings is 3. The first kappa shape index (κ1) is 16.0. The molecule has 3 aromatic rings. The standard InChI is InChI=1S/C22H19FO/c1-24-20-14-12-17(13-15-20)16-21(23)22(18-8-4-2-5-9-18)19-10-6-3-7-11-19/h2-16,22H,1H3/b21-16-. The fraction of sp³-hybridized carbons (Fsp3) is 0.0909. The van der Waals surface area contributed by atoms with Gasteiger partial charge in [-0.05, 0) is 34.9 Å². The molecular formula is C22H19FO. The molecule has 0 saturated heterocycles. The SMILES string of the molecule is COc1ccc(/C=C(\F)C(c2ccccc2)c2ccccc2)cc1. The van der Waals surface area contributed by atoms with Crippen LogP contribution >= 0.6 is 0 Å². The van der Waals surface area contributed by atoms with Gasteiger partial charge in [0.2, 0.25) is 0 Å². The van der Waals surface area contributed by atoms with Gasteiger partial charge >= 0.3 is 0 Å². The third kappa shape index (κ3) is 3.72. The molecule has 0 atom stereocenters. The van der Waals surface area contributed by atoms with Crippen LogP contribution in [0.25, 0.3) is 6.08 Å². The lowest BCUT2D eigenvalue weighted by Gasteiger charge is -2.16. The molecule has 0 amide bonds. The fourth-order valence-corrected chi connectivity index (χ4v) is 2.74. The van der Waals surface area contributed by atoms with Crippen LogP contribution in [-0.2, 0) is 0 Å². The highest BCUT2D eigenvalue weighted by Crippen LogP contribution is 2.33. The fourth-order valence-electron chi connectivity index (χ4n) is 2.74. The van der Waals surface area contributed by atoms with Crippen LogP contribution < -0.4 is 4.74 Å². The van der Waals surface area contributed by atoms with E-state index in [1.165, 1.54) is 0 Å². The van der Waals surface area contributed by atoms with E-state index in [2.05, 4.69) is 0 Å². The van der Waals surface area contributed by atoms with Gasteiger partial charge in [-0.3, -0.25) is 0 Å². The van der Waals surface area contributed by atoms with E-state index in [1.807, 2.05) is 84.9 Å². The maximum absolute atomic E-state index is 15.1. The van der Waals surface area contributed by atoms with Gasteiger partial charge in [-0.25, -0.2) is 4.39 Å². The second-order valence-electron chi connectivity index (χ2n) is 5.56. The van der Waals surface area contributed by atoms with E-state index in [0.717, 1.165) is 22.4 Å². The quantitative estimate of drug-likeness (QED) is 0.574. The Morgan fingerprint density at radius 1 is 0.792 bits per heavy atom. The Bertz CT molecular complexity index is 753. The molecule has 0 aliphatic heterocycles. The smallest absolute Gasteiger partial charge is 0.118 e. The van der Waals surface area contributed by atoms with Gasteiger partial charge in [0.15, 0.2) is 0 Å². The minimum Gasteiger partial charge on any atom is -0.497 e. The van der Waals surface area contributed by atoms with Crippen LogP contribution in [-0.4, -0.2) is 7.11 Å². The molecule has 0 heterocycles. The number of methoxy groups -OCH3 is 1. The Morgan fingerprint density at radius 3 is 1.75 bits per heavy atom. The van der Waals surface area contributed by atoms with Crippen molar-refractivity contribution in [3.63, 3.8) is 0 Å². The molecule has 0 aromatic heterocycles. The van der Waals surface area contributed by atoms with Crippen molar-refractivity contribution in [1.29, 1.82) is 0 Å². The second kappa shape index (κ2) is 7.60.